The minimum absolute atomic E-state index is 0.00940. The van der Waals surface area contributed by atoms with Gasteiger partial charge in [-0.1, -0.05) is 29.8 Å². The molecule has 2 N–H and O–H groups in total. The van der Waals surface area contributed by atoms with E-state index in [4.69, 9.17) is 16.3 Å². The van der Waals surface area contributed by atoms with Crippen LogP contribution < -0.4 is 10.1 Å². The molecule has 0 aromatic heterocycles. The maximum absolute atomic E-state index is 13.8. The number of benzene rings is 2. The number of urea groups is 1. The molecular formula is C18H14ClFN2O4. The van der Waals surface area contributed by atoms with E-state index in [2.05, 4.69) is 5.32 Å². The van der Waals surface area contributed by atoms with Crippen LogP contribution in [0.3, 0.4) is 0 Å². The normalized spacial score (nSPS) is 15.5. The topological polar surface area (TPSA) is 78.9 Å². The second-order valence-corrected chi connectivity index (χ2v) is 5.93. The number of carbonyl (C=O) groups is 2. The average molecular weight is 377 g/mol. The number of amides is 3. The first-order valence-corrected chi connectivity index (χ1v) is 7.93. The Morgan fingerprint density at radius 3 is 2.73 bits per heavy atom. The van der Waals surface area contributed by atoms with Crippen LogP contribution >= 0.6 is 11.6 Å². The third-order valence-electron chi connectivity index (χ3n) is 3.83. The summed E-state index contributed by atoms with van der Waals surface area (Å²) in [6.45, 7) is -0.186. The van der Waals surface area contributed by atoms with E-state index in [1.54, 1.807) is 6.07 Å². The highest BCUT2D eigenvalue weighted by Crippen LogP contribution is 2.35. The Hall–Kier alpha value is -3.06. The largest absolute Gasteiger partial charge is 0.503 e. The molecule has 0 spiro atoms. The van der Waals surface area contributed by atoms with Gasteiger partial charge < -0.3 is 15.2 Å². The Bertz CT molecular complexity index is 929. The molecule has 1 aliphatic heterocycles. The molecule has 2 aromatic carbocycles. The first-order valence-electron chi connectivity index (χ1n) is 7.55. The van der Waals surface area contributed by atoms with Gasteiger partial charge in [-0.3, -0.25) is 9.69 Å². The molecule has 0 bridgehead atoms. The van der Waals surface area contributed by atoms with Gasteiger partial charge in [-0.15, -0.1) is 0 Å². The van der Waals surface area contributed by atoms with Crippen LogP contribution in [0.2, 0.25) is 5.02 Å². The van der Waals surface area contributed by atoms with Crippen molar-refractivity contribution in [1.29, 1.82) is 0 Å². The van der Waals surface area contributed by atoms with Gasteiger partial charge in [0, 0.05) is 5.56 Å². The molecule has 0 atom stereocenters. The molecule has 0 unspecified atom stereocenters. The summed E-state index contributed by atoms with van der Waals surface area (Å²) in [7, 11) is 1.36. The fraction of sp³-hybridized carbons (Fsp3) is 0.111. The maximum Gasteiger partial charge on any atom is 0.329 e. The predicted molar refractivity (Wildman–Crippen MR) is 93.1 cm³/mol. The summed E-state index contributed by atoms with van der Waals surface area (Å²) < 4.78 is 18.8. The minimum Gasteiger partial charge on any atom is -0.503 e. The summed E-state index contributed by atoms with van der Waals surface area (Å²) >= 11 is 5.92. The summed E-state index contributed by atoms with van der Waals surface area (Å²) in [5.74, 6) is -1.19. The minimum atomic E-state index is -0.652. The van der Waals surface area contributed by atoms with E-state index in [9.17, 15) is 19.1 Å². The summed E-state index contributed by atoms with van der Waals surface area (Å²) in [5, 5.41) is 12.2. The lowest BCUT2D eigenvalue weighted by Crippen LogP contribution is -2.30. The summed E-state index contributed by atoms with van der Waals surface area (Å²) in [6, 6.07) is 8.15. The molecule has 134 valence electrons. The lowest BCUT2D eigenvalue weighted by atomic mass is 10.1. The van der Waals surface area contributed by atoms with Gasteiger partial charge in [-0.25, -0.2) is 9.18 Å². The zero-order valence-corrected chi connectivity index (χ0v) is 14.4. The van der Waals surface area contributed by atoms with E-state index in [0.717, 1.165) is 4.90 Å². The molecule has 1 saturated heterocycles. The van der Waals surface area contributed by atoms with Crippen molar-refractivity contribution >= 4 is 29.6 Å². The first-order chi connectivity index (χ1) is 12.4. The molecule has 0 radical (unpaired) electrons. The quantitative estimate of drug-likeness (QED) is 0.634. The van der Waals surface area contributed by atoms with Gasteiger partial charge in [0.2, 0.25) is 0 Å². The van der Waals surface area contributed by atoms with Crippen LogP contribution in [0.1, 0.15) is 11.1 Å². The fourth-order valence-electron chi connectivity index (χ4n) is 2.51. The van der Waals surface area contributed by atoms with E-state index < -0.39 is 17.8 Å². The number of phenols is 1. The highest BCUT2D eigenvalue weighted by atomic mass is 35.5. The van der Waals surface area contributed by atoms with Crippen molar-refractivity contribution < 1.29 is 23.8 Å². The Labute approximate surface area is 153 Å². The van der Waals surface area contributed by atoms with E-state index in [1.165, 1.54) is 43.5 Å². The molecule has 6 nitrogen and oxygen atoms in total. The Kier molecular flexibility index (Phi) is 4.81. The van der Waals surface area contributed by atoms with Crippen LogP contribution in [0.4, 0.5) is 9.18 Å². The number of nitrogens with one attached hydrogen (secondary N) is 1. The third-order valence-corrected chi connectivity index (χ3v) is 4.12. The van der Waals surface area contributed by atoms with Crippen molar-refractivity contribution in [2.24, 2.45) is 0 Å². The summed E-state index contributed by atoms with van der Waals surface area (Å²) in [5.41, 5.74) is 0.683. The summed E-state index contributed by atoms with van der Waals surface area (Å²) in [6.07, 6.45) is 1.40. The standard InChI is InChI=1S/C18H14ClFN2O4/c1-26-15-8-10(6-12(19)16(15)23)7-14-17(24)22(18(25)21-14)9-11-4-2-3-5-13(11)20/h2-8,23H,9H2,1H3,(H,21,25)/b14-7+. The molecule has 3 rings (SSSR count). The van der Waals surface area contributed by atoms with Crippen molar-refractivity contribution in [1.82, 2.24) is 10.2 Å². The Morgan fingerprint density at radius 2 is 2.04 bits per heavy atom. The van der Waals surface area contributed by atoms with Crippen molar-refractivity contribution in [2.45, 2.75) is 6.54 Å². The first kappa shape index (κ1) is 17.8. The molecule has 2 aromatic rings. The second-order valence-electron chi connectivity index (χ2n) is 5.52. The number of halogens is 2. The lowest BCUT2D eigenvalue weighted by molar-refractivity contribution is -0.123. The number of aromatic hydroxyl groups is 1. The molecule has 1 fully saturated rings. The fourth-order valence-corrected chi connectivity index (χ4v) is 2.73. The van der Waals surface area contributed by atoms with Gasteiger partial charge in [0.1, 0.15) is 11.5 Å². The molecule has 0 saturated carbocycles. The van der Waals surface area contributed by atoms with E-state index in [1.807, 2.05) is 0 Å². The Morgan fingerprint density at radius 1 is 1.31 bits per heavy atom. The smallest absolute Gasteiger partial charge is 0.329 e. The molecule has 1 aliphatic rings. The van der Waals surface area contributed by atoms with E-state index in [-0.39, 0.29) is 34.3 Å². The Balaban J connectivity index is 1.88. The van der Waals surface area contributed by atoms with Crippen molar-refractivity contribution in [3.05, 3.63) is 64.1 Å². The third kappa shape index (κ3) is 3.34. The molecule has 8 heteroatoms. The van der Waals surface area contributed by atoms with Gasteiger partial charge in [0.15, 0.2) is 11.5 Å². The van der Waals surface area contributed by atoms with Crippen LogP contribution in [-0.2, 0) is 11.3 Å². The highest BCUT2D eigenvalue weighted by Gasteiger charge is 2.34. The number of imide groups is 1. The maximum atomic E-state index is 13.8. The van der Waals surface area contributed by atoms with Gasteiger partial charge in [-0.05, 0) is 29.8 Å². The number of carbonyl (C=O) groups excluding carboxylic acids is 2. The van der Waals surface area contributed by atoms with Crippen LogP contribution in [0.5, 0.6) is 11.5 Å². The average Bonchev–Trinajstić information content (AvgIpc) is 2.87. The number of rotatable bonds is 4. The van der Waals surface area contributed by atoms with Gasteiger partial charge in [0.25, 0.3) is 5.91 Å². The van der Waals surface area contributed by atoms with Crippen molar-refractivity contribution in [3.63, 3.8) is 0 Å². The molecule has 3 amide bonds. The number of methoxy groups -OCH3 is 1. The highest BCUT2D eigenvalue weighted by molar-refractivity contribution is 6.32. The molecule has 1 heterocycles. The number of phenolic OH excluding ortho intramolecular Hbond substituents is 1. The van der Waals surface area contributed by atoms with Crippen LogP contribution in [-0.4, -0.2) is 29.1 Å². The molecule has 0 aliphatic carbocycles. The number of ether oxygens (including phenoxy) is 1. The van der Waals surface area contributed by atoms with Crippen molar-refractivity contribution in [3.8, 4) is 11.5 Å². The molecular weight excluding hydrogens is 363 g/mol. The SMILES string of the molecule is COc1cc(/C=C2/NC(=O)N(Cc3ccccc3F)C2=O)cc(Cl)c1O. The van der Waals surface area contributed by atoms with E-state index >= 15 is 0 Å². The zero-order chi connectivity index (χ0) is 18.8. The number of hydrogen-bond acceptors (Lipinski definition) is 4. The van der Waals surface area contributed by atoms with Crippen LogP contribution in [0.25, 0.3) is 6.08 Å². The zero-order valence-electron chi connectivity index (χ0n) is 13.6. The number of nitrogens with zero attached hydrogens (tertiary/aromatic N) is 1. The van der Waals surface area contributed by atoms with Gasteiger partial charge in [0.05, 0.1) is 18.7 Å². The van der Waals surface area contributed by atoms with Crippen LogP contribution in [0, 0.1) is 5.82 Å². The van der Waals surface area contributed by atoms with Gasteiger partial charge >= 0.3 is 6.03 Å². The summed E-state index contributed by atoms with van der Waals surface area (Å²) in [4.78, 5) is 25.5. The van der Waals surface area contributed by atoms with Gasteiger partial charge in [-0.2, -0.15) is 0 Å². The monoisotopic (exact) mass is 376 g/mol. The molecule has 26 heavy (non-hydrogen) atoms. The van der Waals surface area contributed by atoms with Crippen molar-refractivity contribution in [2.75, 3.05) is 7.11 Å². The second kappa shape index (κ2) is 7.05. The van der Waals surface area contributed by atoms with E-state index in [0.29, 0.717) is 5.56 Å². The van der Waals surface area contributed by atoms with Crippen LogP contribution in [0.15, 0.2) is 42.1 Å². The number of hydrogen-bond donors (Lipinski definition) is 2. The predicted octanol–water partition coefficient (Wildman–Crippen LogP) is 3.29. The lowest BCUT2D eigenvalue weighted by Gasteiger charge is -2.12.